The first-order chi connectivity index (χ1) is 17.0. The Morgan fingerprint density at radius 3 is 2.51 bits per heavy atom. The number of nitrogens with zero attached hydrogens (tertiary/aromatic N) is 3. The van der Waals surface area contributed by atoms with Gasteiger partial charge in [-0.1, -0.05) is 71.7 Å². The molecule has 6 nitrogen and oxygen atoms in total. The molecular formula is C27H23Cl2N3O3. The fourth-order valence-electron chi connectivity index (χ4n) is 4.66. The quantitative estimate of drug-likeness (QED) is 0.248. The molecule has 35 heavy (non-hydrogen) atoms. The highest BCUT2D eigenvalue weighted by Gasteiger charge is 2.48. The lowest BCUT2D eigenvalue weighted by Crippen LogP contribution is -2.50. The minimum atomic E-state index is -1.13. The van der Waals surface area contributed by atoms with Gasteiger partial charge in [0.1, 0.15) is 0 Å². The van der Waals surface area contributed by atoms with Crippen LogP contribution in [0.1, 0.15) is 24.1 Å². The van der Waals surface area contributed by atoms with Crippen LogP contribution in [0.15, 0.2) is 72.8 Å². The van der Waals surface area contributed by atoms with Gasteiger partial charge in [-0.25, -0.2) is 4.98 Å². The highest BCUT2D eigenvalue weighted by atomic mass is 35.5. The van der Waals surface area contributed by atoms with E-state index in [1.807, 2.05) is 59.2 Å². The van der Waals surface area contributed by atoms with Crippen LogP contribution in [0, 0.1) is 5.92 Å². The van der Waals surface area contributed by atoms with Crippen molar-refractivity contribution in [1.29, 1.82) is 0 Å². The Bertz CT molecular complexity index is 1400. The Labute approximate surface area is 213 Å². The van der Waals surface area contributed by atoms with Crippen molar-refractivity contribution < 1.29 is 14.3 Å². The number of rotatable bonds is 6. The number of esters is 1. The third-order valence-electron chi connectivity index (χ3n) is 6.23. The van der Waals surface area contributed by atoms with E-state index >= 15 is 0 Å². The third kappa shape index (κ3) is 4.28. The molecule has 0 aliphatic carbocycles. The summed E-state index contributed by atoms with van der Waals surface area (Å²) in [7, 11) is 0. The molecule has 0 radical (unpaired) electrons. The number of benzene rings is 3. The SMILES string of the molecule is CCOC(=O)[C@H]1C(=O)N(CCc2ccccc2)c2nc3ccccc3n2[C@@H]1c1ccc(Cl)cc1Cl. The van der Waals surface area contributed by atoms with Crippen molar-refractivity contribution in [2.75, 3.05) is 18.1 Å². The van der Waals surface area contributed by atoms with E-state index in [0.717, 1.165) is 16.6 Å². The fourth-order valence-corrected chi connectivity index (χ4v) is 5.18. The van der Waals surface area contributed by atoms with E-state index in [1.54, 1.807) is 30.0 Å². The molecule has 0 bridgehead atoms. The molecule has 3 aromatic carbocycles. The van der Waals surface area contributed by atoms with Gasteiger partial charge in [0.2, 0.25) is 11.9 Å². The number of fused-ring (bicyclic) bond motifs is 3. The molecule has 178 valence electrons. The van der Waals surface area contributed by atoms with Gasteiger partial charge in [-0.05, 0) is 48.7 Å². The van der Waals surface area contributed by atoms with Crippen molar-refractivity contribution in [3.8, 4) is 0 Å². The van der Waals surface area contributed by atoms with Crippen LogP contribution >= 0.6 is 23.2 Å². The molecule has 0 saturated heterocycles. The molecule has 0 N–H and O–H groups in total. The highest BCUT2D eigenvalue weighted by molar-refractivity contribution is 6.35. The summed E-state index contributed by atoms with van der Waals surface area (Å²) in [6, 6.07) is 21.9. The molecule has 1 amide bonds. The second-order valence-corrected chi connectivity index (χ2v) is 9.18. The molecule has 2 heterocycles. The lowest BCUT2D eigenvalue weighted by atomic mass is 9.89. The van der Waals surface area contributed by atoms with Gasteiger partial charge >= 0.3 is 5.97 Å². The molecular weight excluding hydrogens is 485 g/mol. The number of hydrogen-bond donors (Lipinski definition) is 0. The van der Waals surface area contributed by atoms with Crippen LogP contribution < -0.4 is 4.90 Å². The van der Waals surface area contributed by atoms with Gasteiger partial charge < -0.3 is 9.30 Å². The summed E-state index contributed by atoms with van der Waals surface area (Å²) in [5.74, 6) is -1.61. The summed E-state index contributed by atoms with van der Waals surface area (Å²) in [6.07, 6.45) is 0.609. The lowest BCUT2D eigenvalue weighted by molar-refractivity contribution is -0.153. The molecule has 1 aromatic heterocycles. The zero-order valence-corrected chi connectivity index (χ0v) is 20.5. The fraction of sp³-hybridized carbons (Fsp3) is 0.222. The van der Waals surface area contributed by atoms with Crippen LogP contribution in [0.2, 0.25) is 10.0 Å². The van der Waals surface area contributed by atoms with Crippen LogP contribution in [0.4, 0.5) is 5.95 Å². The average Bonchev–Trinajstić information content (AvgIpc) is 3.23. The topological polar surface area (TPSA) is 64.4 Å². The lowest BCUT2D eigenvalue weighted by Gasteiger charge is -2.38. The van der Waals surface area contributed by atoms with E-state index in [0.29, 0.717) is 34.5 Å². The van der Waals surface area contributed by atoms with Crippen LogP contribution in [-0.4, -0.2) is 34.6 Å². The van der Waals surface area contributed by atoms with Crippen LogP contribution in [-0.2, 0) is 20.7 Å². The average molecular weight is 508 g/mol. The second kappa shape index (κ2) is 9.72. The van der Waals surface area contributed by atoms with Crippen molar-refractivity contribution in [3.63, 3.8) is 0 Å². The zero-order chi connectivity index (χ0) is 24.5. The van der Waals surface area contributed by atoms with Gasteiger partial charge in [0.15, 0.2) is 5.92 Å². The first-order valence-corrected chi connectivity index (χ1v) is 12.2. The maximum atomic E-state index is 14.0. The van der Waals surface area contributed by atoms with Gasteiger partial charge in [-0.15, -0.1) is 0 Å². The van der Waals surface area contributed by atoms with E-state index in [4.69, 9.17) is 32.9 Å². The monoisotopic (exact) mass is 507 g/mol. The molecule has 2 atom stereocenters. The standard InChI is InChI=1S/C27H23Cl2N3O3/c1-2-35-26(34)23-24(19-13-12-18(28)16-20(19)29)32-22-11-7-6-10-21(22)30-27(32)31(25(23)33)15-14-17-8-4-3-5-9-17/h3-13,16,23-24H,2,14-15H2,1H3/t23-,24-/m1/s1. The molecule has 0 saturated carbocycles. The van der Waals surface area contributed by atoms with Crippen molar-refractivity contribution in [2.24, 2.45) is 5.92 Å². The molecule has 1 aliphatic heterocycles. The molecule has 8 heteroatoms. The maximum Gasteiger partial charge on any atom is 0.321 e. The second-order valence-electron chi connectivity index (χ2n) is 8.34. The van der Waals surface area contributed by atoms with E-state index in [-0.39, 0.29) is 12.5 Å². The number of halogens is 2. The smallest absolute Gasteiger partial charge is 0.321 e. The number of ether oxygens (including phenoxy) is 1. The first kappa shape index (κ1) is 23.4. The van der Waals surface area contributed by atoms with E-state index in [2.05, 4.69) is 0 Å². The number of anilines is 1. The molecule has 5 rings (SSSR count). The number of imidazole rings is 1. The van der Waals surface area contributed by atoms with Crippen LogP contribution in [0.3, 0.4) is 0 Å². The predicted molar refractivity (Wildman–Crippen MR) is 137 cm³/mol. The van der Waals surface area contributed by atoms with Gasteiger partial charge in [0.25, 0.3) is 0 Å². The van der Waals surface area contributed by atoms with Crippen molar-refractivity contribution >= 4 is 52.1 Å². The molecule has 0 unspecified atom stereocenters. The normalized spacial score (nSPS) is 17.5. The minimum absolute atomic E-state index is 0.158. The Balaban J connectivity index is 1.70. The summed E-state index contributed by atoms with van der Waals surface area (Å²) < 4.78 is 7.32. The van der Waals surface area contributed by atoms with Crippen molar-refractivity contribution in [2.45, 2.75) is 19.4 Å². The van der Waals surface area contributed by atoms with Crippen LogP contribution in [0.25, 0.3) is 11.0 Å². The number of hydrogen-bond acceptors (Lipinski definition) is 4. The Morgan fingerprint density at radius 2 is 1.77 bits per heavy atom. The van der Waals surface area contributed by atoms with Gasteiger partial charge in [0.05, 0.1) is 23.7 Å². The van der Waals surface area contributed by atoms with Crippen molar-refractivity contribution in [3.05, 3.63) is 94.0 Å². The number of para-hydroxylation sites is 2. The molecule has 1 aliphatic rings. The molecule has 4 aromatic rings. The Hall–Kier alpha value is -3.35. The zero-order valence-electron chi connectivity index (χ0n) is 19.0. The minimum Gasteiger partial charge on any atom is -0.465 e. The summed E-state index contributed by atoms with van der Waals surface area (Å²) >= 11 is 12.8. The van der Waals surface area contributed by atoms with Gasteiger partial charge in [0, 0.05) is 16.6 Å². The third-order valence-corrected chi connectivity index (χ3v) is 6.80. The summed E-state index contributed by atoms with van der Waals surface area (Å²) in [4.78, 5) is 33.7. The maximum absolute atomic E-state index is 14.0. The first-order valence-electron chi connectivity index (χ1n) is 11.4. The van der Waals surface area contributed by atoms with Crippen molar-refractivity contribution in [1.82, 2.24) is 9.55 Å². The Kier molecular flexibility index (Phi) is 6.50. The Morgan fingerprint density at radius 1 is 1.03 bits per heavy atom. The van der Waals surface area contributed by atoms with E-state index in [9.17, 15) is 9.59 Å². The summed E-state index contributed by atoms with van der Waals surface area (Å²) in [5.41, 5.74) is 3.21. The number of carbonyl (C=O) groups is 2. The van der Waals surface area contributed by atoms with Gasteiger partial charge in [-0.2, -0.15) is 0 Å². The highest BCUT2D eigenvalue weighted by Crippen LogP contribution is 2.43. The van der Waals surface area contributed by atoms with Gasteiger partial charge in [-0.3, -0.25) is 14.5 Å². The van der Waals surface area contributed by atoms with E-state index < -0.39 is 17.9 Å². The van der Waals surface area contributed by atoms with Crippen LogP contribution in [0.5, 0.6) is 0 Å². The molecule has 0 fully saturated rings. The number of carbonyl (C=O) groups excluding carboxylic acids is 2. The number of amides is 1. The summed E-state index contributed by atoms with van der Waals surface area (Å²) in [5, 5.41) is 0.833. The summed E-state index contributed by atoms with van der Waals surface area (Å²) in [6.45, 7) is 2.25. The largest absolute Gasteiger partial charge is 0.465 e. The number of aromatic nitrogens is 2. The predicted octanol–water partition coefficient (Wildman–Crippen LogP) is 5.70. The van der Waals surface area contributed by atoms with E-state index in [1.165, 1.54) is 0 Å². The molecule has 0 spiro atoms.